The van der Waals surface area contributed by atoms with Crippen LogP contribution in [0.1, 0.15) is 13.3 Å². The second kappa shape index (κ2) is 6.45. The third-order valence-electron chi connectivity index (χ3n) is 2.90. The summed E-state index contributed by atoms with van der Waals surface area (Å²) in [5.41, 5.74) is 5.73. The predicted octanol–water partition coefficient (Wildman–Crippen LogP) is 1.41. The minimum atomic E-state index is 0.0179. The molecule has 1 atom stereocenters. The number of thioether (sulfide) groups is 2. The fourth-order valence-corrected chi connectivity index (χ4v) is 3.08. The van der Waals surface area contributed by atoms with E-state index in [1.54, 1.807) is 11.0 Å². The SMILES string of the molecule is CSc1nc(N)cc(N2CC(CSC(C)=O)CC2=O)n1. The van der Waals surface area contributed by atoms with Gasteiger partial charge in [-0.15, -0.1) is 0 Å². The van der Waals surface area contributed by atoms with Crippen LogP contribution in [-0.2, 0) is 9.59 Å². The Kier molecular flexibility index (Phi) is 4.87. The van der Waals surface area contributed by atoms with Crippen LogP contribution in [0.4, 0.5) is 11.6 Å². The van der Waals surface area contributed by atoms with Crippen molar-refractivity contribution in [1.82, 2.24) is 9.97 Å². The molecule has 2 N–H and O–H groups in total. The van der Waals surface area contributed by atoms with Gasteiger partial charge >= 0.3 is 0 Å². The van der Waals surface area contributed by atoms with Crippen LogP contribution >= 0.6 is 23.5 Å². The molecule has 1 unspecified atom stereocenters. The molecule has 1 aliphatic heterocycles. The van der Waals surface area contributed by atoms with E-state index < -0.39 is 0 Å². The highest BCUT2D eigenvalue weighted by atomic mass is 32.2. The van der Waals surface area contributed by atoms with Gasteiger partial charge < -0.3 is 5.73 Å². The molecule has 0 spiro atoms. The molecular formula is C12H16N4O2S2. The van der Waals surface area contributed by atoms with E-state index in [-0.39, 0.29) is 16.9 Å². The standard InChI is InChI=1S/C12H16N4O2S2/c1-7(17)20-6-8-3-11(18)16(5-8)10-4-9(13)14-12(15-10)19-2/h4,8H,3,5-6H2,1-2H3,(H2,13,14,15). The molecule has 20 heavy (non-hydrogen) atoms. The van der Waals surface area contributed by atoms with Crippen molar-refractivity contribution in [2.75, 3.05) is 29.2 Å². The summed E-state index contributed by atoms with van der Waals surface area (Å²) in [6.45, 7) is 2.11. The fourth-order valence-electron chi connectivity index (χ4n) is 2.01. The largest absolute Gasteiger partial charge is 0.383 e. The van der Waals surface area contributed by atoms with Gasteiger partial charge in [0.1, 0.15) is 11.6 Å². The van der Waals surface area contributed by atoms with Crippen LogP contribution in [0.25, 0.3) is 0 Å². The lowest BCUT2D eigenvalue weighted by Crippen LogP contribution is -2.26. The van der Waals surface area contributed by atoms with E-state index in [1.807, 2.05) is 6.26 Å². The maximum atomic E-state index is 12.1. The zero-order chi connectivity index (χ0) is 14.7. The van der Waals surface area contributed by atoms with Crippen molar-refractivity contribution in [2.45, 2.75) is 18.5 Å². The van der Waals surface area contributed by atoms with Gasteiger partial charge in [-0.3, -0.25) is 14.5 Å². The number of nitrogens with two attached hydrogens (primary N) is 1. The molecule has 1 saturated heterocycles. The van der Waals surface area contributed by atoms with Crippen molar-refractivity contribution in [3.63, 3.8) is 0 Å². The average molecular weight is 312 g/mol. The van der Waals surface area contributed by atoms with Crippen molar-refractivity contribution in [3.05, 3.63) is 6.07 Å². The van der Waals surface area contributed by atoms with E-state index in [2.05, 4.69) is 9.97 Å². The third kappa shape index (κ3) is 3.63. The number of hydrogen-bond donors (Lipinski definition) is 1. The molecule has 2 rings (SSSR count). The van der Waals surface area contributed by atoms with E-state index in [1.165, 1.54) is 30.4 Å². The zero-order valence-corrected chi connectivity index (χ0v) is 13.0. The fraction of sp³-hybridized carbons (Fsp3) is 0.500. The normalized spacial score (nSPS) is 18.6. The van der Waals surface area contributed by atoms with Crippen molar-refractivity contribution in [1.29, 1.82) is 0 Å². The highest BCUT2D eigenvalue weighted by Gasteiger charge is 2.31. The van der Waals surface area contributed by atoms with Crippen LogP contribution in [0.5, 0.6) is 0 Å². The maximum absolute atomic E-state index is 12.1. The quantitative estimate of drug-likeness (QED) is 0.664. The number of nitrogen functional groups attached to an aromatic ring is 1. The number of aromatic nitrogens is 2. The van der Waals surface area contributed by atoms with Gasteiger partial charge in [-0.25, -0.2) is 9.97 Å². The first kappa shape index (κ1) is 15.1. The summed E-state index contributed by atoms with van der Waals surface area (Å²) in [6.07, 6.45) is 2.30. The highest BCUT2D eigenvalue weighted by molar-refractivity contribution is 8.13. The summed E-state index contributed by atoms with van der Waals surface area (Å²) in [5.74, 6) is 1.75. The van der Waals surface area contributed by atoms with Gasteiger partial charge in [-0.1, -0.05) is 23.5 Å². The molecule has 1 aromatic heterocycles. The maximum Gasteiger partial charge on any atom is 0.228 e. The van der Waals surface area contributed by atoms with Gasteiger partial charge in [0.2, 0.25) is 5.91 Å². The summed E-state index contributed by atoms with van der Waals surface area (Å²) < 4.78 is 0. The summed E-state index contributed by atoms with van der Waals surface area (Å²) in [6, 6.07) is 1.61. The van der Waals surface area contributed by atoms with Crippen molar-refractivity contribution in [2.24, 2.45) is 5.92 Å². The number of carbonyl (C=O) groups excluding carboxylic acids is 2. The Morgan fingerprint density at radius 3 is 2.95 bits per heavy atom. The molecule has 1 amide bonds. The minimum absolute atomic E-state index is 0.0179. The summed E-state index contributed by atoms with van der Waals surface area (Å²) in [7, 11) is 0. The number of amides is 1. The Labute approximate surface area is 125 Å². The minimum Gasteiger partial charge on any atom is -0.383 e. The van der Waals surface area contributed by atoms with E-state index in [0.29, 0.717) is 35.5 Å². The Morgan fingerprint density at radius 1 is 1.55 bits per heavy atom. The second-order valence-corrected chi connectivity index (χ2v) is 6.49. The van der Waals surface area contributed by atoms with Gasteiger partial charge in [0.25, 0.3) is 0 Å². The molecule has 1 fully saturated rings. The molecule has 6 nitrogen and oxygen atoms in total. The van der Waals surface area contributed by atoms with Gasteiger partial charge in [0, 0.05) is 31.7 Å². The smallest absolute Gasteiger partial charge is 0.228 e. The Hall–Kier alpha value is -1.28. The van der Waals surface area contributed by atoms with Crippen LogP contribution < -0.4 is 10.6 Å². The van der Waals surface area contributed by atoms with E-state index in [4.69, 9.17) is 5.73 Å². The number of nitrogens with zero attached hydrogens (tertiary/aromatic N) is 3. The van der Waals surface area contributed by atoms with Crippen molar-refractivity contribution in [3.8, 4) is 0 Å². The molecular weight excluding hydrogens is 296 g/mol. The van der Waals surface area contributed by atoms with E-state index in [9.17, 15) is 9.59 Å². The van der Waals surface area contributed by atoms with Crippen LogP contribution in [0, 0.1) is 5.92 Å². The summed E-state index contributed by atoms with van der Waals surface area (Å²) >= 11 is 2.64. The first-order valence-corrected chi connectivity index (χ1v) is 8.33. The average Bonchev–Trinajstić information content (AvgIpc) is 2.77. The first-order chi connectivity index (χ1) is 9.49. The van der Waals surface area contributed by atoms with Crippen LogP contribution in [0.2, 0.25) is 0 Å². The van der Waals surface area contributed by atoms with Crippen LogP contribution in [0.3, 0.4) is 0 Å². The lowest BCUT2D eigenvalue weighted by atomic mass is 10.1. The molecule has 8 heteroatoms. The van der Waals surface area contributed by atoms with Crippen LogP contribution in [-0.4, -0.2) is 39.5 Å². The number of anilines is 2. The Morgan fingerprint density at radius 2 is 2.30 bits per heavy atom. The molecule has 2 heterocycles. The third-order valence-corrected chi connectivity index (χ3v) is 4.49. The van der Waals surface area contributed by atoms with Crippen molar-refractivity contribution < 1.29 is 9.59 Å². The Bertz CT molecular complexity index is 538. The zero-order valence-electron chi connectivity index (χ0n) is 11.3. The summed E-state index contributed by atoms with van der Waals surface area (Å²) in [4.78, 5) is 33.1. The number of rotatable bonds is 4. The van der Waals surface area contributed by atoms with E-state index in [0.717, 1.165) is 0 Å². The molecule has 0 aromatic carbocycles. The topological polar surface area (TPSA) is 89.2 Å². The van der Waals surface area contributed by atoms with Crippen molar-refractivity contribution >= 4 is 46.2 Å². The van der Waals surface area contributed by atoms with Crippen LogP contribution in [0.15, 0.2) is 11.2 Å². The molecule has 1 aliphatic rings. The van der Waals surface area contributed by atoms with Gasteiger partial charge in [-0.2, -0.15) is 0 Å². The monoisotopic (exact) mass is 312 g/mol. The number of carbonyl (C=O) groups is 2. The van der Waals surface area contributed by atoms with Gasteiger partial charge in [0.15, 0.2) is 10.3 Å². The molecule has 0 bridgehead atoms. The molecule has 1 aromatic rings. The molecule has 0 aliphatic carbocycles. The predicted molar refractivity (Wildman–Crippen MR) is 81.8 cm³/mol. The summed E-state index contributed by atoms with van der Waals surface area (Å²) in [5, 5.41) is 0.626. The molecule has 0 radical (unpaired) electrons. The lowest BCUT2D eigenvalue weighted by molar-refractivity contribution is -0.117. The van der Waals surface area contributed by atoms with Gasteiger partial charge in [0.05, 0.1) is 0 Å². The Balaban J connectivity index is 2.11. The lowest BCUT2D eigenvalue weighted by Gasteiger charge is -2.16. The second-order valence-electron chi connectivity index (χ2n) is 4.51. The number of hydrogen-bond acceptors (Lipinski definition) is 7. The molecule has 0 saturated carbocycles. The first-order valence-electron chi connectivity index (χ1n) is 6.12. The molecule has 108 valence electrons. The van der Waals surface area contributed by atoms with E-state index >= 15 is 0 Å². The van der Waals surface area contributed by atoms with Gasteiger partial charge in [-0.05, 0) is 12.2 Å². The highest BCUT2D eigenvalue weighted by Crippen LogP contribution is 2.28.